The van der Waals surface area contributed by atoms with Gasteiger partial charge in [-0.15, -0.1) is 0 Å². The number of carbonyl (C=O) groups excluding carboxylic acids is 1. The minimum atomic E-state index is -0.0163. The predicted molar refractivity (Wildman–Crippen MR) is 44.1 cm³/mol. The molecule has 0 saturated heterocycles. The molecule has 1 nitrogen and oxygen atoms in total. The quantitative estimate of drug-likeness (QED) is 0.618. The molecule has 0 aliphatic heterocycles. The molecule has 58 valence electrons. The van der Waals surface area contributed by atoms with Crippen molar-refractivity contribution in [3.63, 3.8) is 0 Å². The van der Waals surface area contributed by atoms with Crippen LogP contribution in [0.2, 0.25) is 0 Å². The van der Waals surface area contributed by atoms with Gasteiger partial charge >= 0.3 is 0 Å². The summed E-state index contributed by atoms with van der Waals surface area (Å²) >= 11 is 5.31. The van der Waals surface area contributed by atoms with Crippen LogP contribution in [0.25, 0.3) is 0 Å². The fraction of sp³-hybridized carbons (Fsp3) is 0.625. The van der Waals surface area contributed by atoms with Crippen LogP contribution in [0.5, 0.6) is 0 Å². The summed E-state index contributed by atoms with van der Waals surface area (Å²) in [6.45, 7) is 3.85. The molecule has 0 aromatic heterocycles. The van der Waals surface area contributed by atoms with E-state index in [4.69, 9.17) is 11.6 Å². The summed E-state index contributed by atoms with van der Waals surface area (Å²) in [5.41, 5.74) is 1.40. The summed E-state index contributed by atoms with van der Waals surface area (Å²) in [7, 11) is 0. The molecule has 0 amide bonds. The van der Waals surface area contributed by atoms with Crippen LogP contribution in [0.1, 0.15) is 26.7 Å². The van der Waals surface area contributed by atoms with Crippen molar-refractivity contribution in [3.05, 3.63) is 11.6 Å². The molecule has 0 aliphatic rings. The van der Waals surface area contributed by atoms with Gasteiger partial charge in [0.2, 0.25) is 0 Å². The van der Waals surface area contributed by atoms with E-state index in [1.54, 1.807) is 6.08 Å². The van der Waals surface area contributed by atoms with Gasteiger partial charge < -0.3 is 0 Å². The van der Waals surface area contributed by atoms with Crippen LogP contribution in [0.15, 0.2) is 11.6 Å². The zero-order valence-electron chi connectivity index (χ0n) is 6.43. The topological polar surface area (TPSA) is 17.1 Å². The van der Waals surface area contributed by atoms with Gasteiger partial charge in [-0.2, -0.15) is 0 Å². The SMILES string of the molecule is CCCC(=O)C(C)C=CCl. The molecule has 2 heteroatoms. The van der Waals surface area contributed by atoms with Crippen molar-refractivity contribution in [2.24, 2.45) is 5.92 Å². The average Bonchev–Trinajstić information content (AvgIpc) is 1.89. The Morgan fingerprint density at radius 2 is 2.30 bits per heavy atom. The highest BCUT2D eigenvalue weighted by atomic mass is 35.5. The first-order valence-corrected chi connectivity index (χ1v) is 3.95. The molecule has 0 aromatic rings. The van der Waals surface area contributed by atoms with E-state index in [1.165, 1.54) is 5.54 Å². The first-order valence-electron chi connectivity index (χ1n) is 3.52. The molecule has 0 aromatic carbocycles. The Bertz CT molecular complexity index is 129. The summed E-state index contributed by atoms with van der Waals surface area (Å²) in [6, 6.07) is 0. The van der Waals surface area contributed by atoms with E-state index in [1.807, 2.05) is 13.8 Å². The molecule has 1 unspecified atom stereocenters. The van der Waals surface area contributed by atoms with Crippen LogP contribution >= 0.6 is 11.6 Å². The maximum absolute atomic E-state index is 11.0. The van der Waals surface area contributed by atoms with Crippen molar-refractivity contribution < 1.29 is 4.79 Å². The van der Waals surface area contributed by atoms with E-state index in [0.29, 0.717) is 6.42 Å². The molecular formula is C8H13ClO. The molecule has 0 rings (SSSR count). The Morgan fingerprint density at radius 3 is 2.70 bits per heavy atom. The third-order valence-corrected chi connectivity index (χ3v) is 1.51. The van der Waals surface area contributed by atoms with E-state index in [2.05, 4.69) is 0 Å². The van der Waals surface area contributed by atoms with Crippen LogP contribution in [-0.2, 0) is 4.79 Å². The number of rotatable bonds is 4. The van der Waals surface area contributed by atoms with Gasteiger partial charge in [0.25, 0.3) is 0 Å². The summed E-state index contributed by atoms with van der Waals surface area (Å²) < 4.78 is 0. The van der Waals surface area contributed by atoms with Crippen LogP contribution < -0.4 is 0 Å². The molecule has 0 N–H and O–H groups in total. The molecule has 0 saturated carbocycles. The van der Waals surface area contributed by atoms with E-state index in [0.717, 1.165) is 6.42 Å². The summed E-state index contributed by atoms with van der Waals surface area (Å²) in [5, 5.41) is 0. The lowest BCUT2D eigenvalue weighted by atomic mass is 10.0. The molecule has 0 heterocycles. The lowest BCUT2D eigenvalue weighted by Crippen LogP contribution is -2.06. The van der Waals surface area contributed by atoms with Crippen molar-refractivity contribution in [1.29, 1.82) is 0 Å². The second kappa shape index (κ2) is 5.48. The van der Waals surface area contributed by atoms with E-state index < -0.39 is 0 Å². The number of ketones is 1. The molecule has 0 radical (unpaired) electrons. The van der Waals surface area contributed by atoms with Crippen LogP contribution in [-0.4, -0.2) is 5.78 Å². The van der Waals surface area contributed by atoms with E-state index >= 15 is 0 Å². The lowest BCUT2D eigenvalue weighted by Gasteiger charge is -2.01. The van der Waals surface area contributed by atoms with Crippen molar-refractivity contribution in [3.8, 4) is 0 Å². The maximum Gasteiger partial charge on any atom is 0.139 e. The van der Waals surface area contributed by atoms with Crippen molar-refractivity contribution in [2.75, 3.05) is 0 Å². The number of hydrogen-bond acceptors (Lipinski definition) is 1. The highest BCUT2D eigenvalue weighted by molar-refractivity contribution is 6.25. The second-order valence-electron chi connectivity index (χ2n) is 2.32. The summed E-state index contributed by atoms with van der Waals surface area (Å²) in [6.07, 6.45) is 3.28. The predicted octanol–water partition coefficient (Wildman–Crippen LogP) is 2.74. The Hall–Kier alpha value is -0.300. The lowest BCUT2D eigenvalue weighted by molar-refractivity contribution is -0.121. The van der Waals surface area contributed by atoms with Gasteiger partial charge in [-0.1, -0.05) is 31.5 Å². The van der Waals surface area contributed by atoms with Crippen LogP contribution in [0.3, 0.4) is 0 Å². The Labute approximate surface area is 67.1 Å². The van der Waals surface area contributed by atoms with Gasteiger partial charge in [-0.05, 0) is 6.42 Å². The number of carbonyl (C=O) groups is 1. The van der Waals surface area contributed by atoms with E-state index in [9.17, 15) is 4.79 Å². The third kappa shape index (κ3) is 3.67. The van der Waals surface area contributed by atoms with Gasteiger partial charge in [-0.25, -0.2) is 0 Å². The smallest absolute Gasteiger partial charge is 0.139 e. The van der Waals surface area contributed by atoms with Crippen molar-refractivity contribution >= 4 is 17.4 Å². The monoisotopic (exact) mass is 160 g/mol. The number of hydrogen-bond donors (Lipinski definition) is 0. The normalized spacial score (nSPS) is 13.9. The third-order valence-electron chi connectivity index (χ3n) is 1.37. The highest BCUT2D eigenvalue weighted by Gasteiger charge is 2.06. The zero-order valence-corrected chi connectivity index (χ0v) is 7.19. The van der Waals surface area contributed by atoms with Gasteiger partial charge in [0.05, 0.1) is 0 Å². The standard InChI is InChI=1S/C8H13ClO/c1-3-4-8(10)7(2)5-6-9/h5-7H,3-4H2,1-2H3. The summed E-state index contributed by atoms with van der Waals surface area (Å²) in [5.74, 6) is 0.247. The Kier molecular flexibility index (Phi) is 5.32. The number of allylic oxidation sites excluding steroid dienone is 1. The summed E-state index contributed by atoms with van der Waals surface area (Å²) in [4.78, 5) is 11.0. The Morgan fingerprint density at radius 1 is 1.70 bits per heavy atom. The molecule has 0 fully saturated rings. The van der Waals surface area contributed by atoms with Crippen molar-refractivity contribution in [2.45, 2.75) is 26.7 Å². The van der Waals surface area contributed by atoms with Crippen LogP contribution in [0, 0.1) is 5.92 Å². The zero-order chi connectivity index (χ0) is 7.98. The fourth-order valence-corrected chi connectivity index (χ4v) is 0.909. The van der Waals surface area contributed by atoms with Gasteiger partial charge in [0.15, 0.2) is 0 Å². The molecular weight excluding hydrogens is 148 g/mol. The molecule has 1 atom stereocenters. The molecule has 10 heavy (non-hydrogen) atoms. The first kappa shape index (κ1) is 9.70. The largest absolute Gasteiger partial charge is 0.299 e. The first-order chi connectivity index (χ1) is 4.72. The second-order valence-corrected chi connectivity index (χ2v) is 2.58. The fourth-order valence-electron chi connectivity index (χ4n) is 0.691. The van der Waals surface area contributed by atoms with Crippen LogP contribution in [0.4, 0.5) is 0 Å². The Balaban J connectivity index is 3.70. The average molecular weight is 161 g/mol. The molecule has 0 spiro atoms. The van der Waals surface area contributed by atoms with Gasteiger partial charge in [0.1, 0.15) is 5.78 Å². The molecule has 0 bridgehead atoms. The molecule has 0 aliphatic carbocycles. The van der Waals surface area contributed by atoms with Gasteiger partial charge in [-0.3, -0.25) is 4.79 Å². The van der Waals surface area contributed by atoms with E-state index in [-0.39, 0.29) is 11.7 Å². The minimum absolute atomic E-state index is 0.0163. The maximum atomic E-state index is 11.0. The van der Waals surface area contributed by atoms with Gasteiger partial charge in [0, 0.05) is 17.9 Å². The minimum Gasteiger partial charge on any atom is -0.299 e. The highest BCUT2D eigenvalue weighted by Crippen LogP contribution is 2.04. The number of Topliss-reactive ketones (excluding diaryl/α,β-unsaturated/α-hetero) is 1. The van der Waals surface area contributed by atoms with Crippen molar-refractivity contribution in [1.82, 2.24) is 0 Å². The number of halogens is 1.